The summed E-state index contributed by atoms with van der Waals surface area (Å²) in [5, 5.41) is 10.0. The average Bonchev–Trinajstić information content (AvgIpc) is 3.32. The highest BCUT2D eigenvalue weighted by molar-refractivity contribution is 5.92. The number of allylic oxidation sites excluding steroid dienone is 1. The molecule has 9 heteroatoms. The van der Waals surface area contributed by atoms with E-state index >= 15 is 0 Å². The highest BCUT2D eigenvalue weighted by Gasteiger charge is 2.24. The first kappa shape index (κ1) is 30.3. The van der Waals surface area contributed by atoms with Crippen LogP contribution in [-0.4, -0.2) is 69.5 Å². The Morgan fingerprint density at radius 2 is 1.95 bits per heavy atom. The highest BCUT2D eigenvalue weighted by Crippen LogP contribution is 2.25. The Hall–Kier alpha value is -3.65. The Labute approximate surface area is 244 Å². The van der Waals surface area contributed by atoms with Gasteiger partial charge in [0.2, 0.25) is 5.95 Å². The number of fused-ring (bicyclic) bond motifs is 1. The Bertz CT molecular complexity index is 1320. The van der Waals surface area contributed by atoms with Gasteiger partial charge in [-0.2, -0.15) is 0 Å². The van der Waals surface area contributed by atoms with Crippen LogP contribution in [0.4, 0.5) is 5.95 Å². The zero-order chi connectivity index (χ0) is 29.2. The number of carbonyl (C=O) groups is 1. The molecule has 9 nitrogen and oxygen atoms in total. The fourth-order valence-corrected chi connectivity index (χ4v) is 5.64. The normalized spacial score (nSPS) is 17.4. The third-order valence-corrected chi connectivity index (χ3v) is 8.01. The van der Waals surface area contributed by atoms with Gasteiger partial charge in [-0.05, 0) is 62.5 Å². The number of hydrogen-bond acceptors (Lipinski definition) is 7. The number of para-hydroxylation sites is 1. The molecule has 0 aliphatic carbocycles. The lowest BCUT2D eigenvalue weighted by Gasteiger charge is -2.36. The molecular weight excluding hydrogens is 516 g/mol. The van der Waals surface area contributed by atoms with Gasteiger partial charge < -0.3 is 29.9 Å². The molecule has 0 bridgehead atoms. The number of carbonyl (C=O) groups excluding carboxylic acids is 1. The lowest BCUT2D eigenvalue weighted by Crippen LogP contribution is -2.39. The SMILES string of the molecule is C=C=C(CC)N(CCc1cn(C)c2ccccc12)CC1CCN(c2ncc(C(N)=O)cn2)CC1.OC1CCCCO1.[HH]. The molecule has 0 saturated carbocycles. The number of piperidine rings is 1. The van der Waals surface area contributed by atoms with E-state index in [1.54, 1.807) is 0 Å². The van der Waals surface area contributed by atoms with Crippen molar-refractivity contribution in [2.45, 2.75) is 58.2 Å². The lowest BCUT2D eigenvalue weighted by atomic mass is 9.95. The van der Waals surface area contributed by atoms with Gasteiger partial charge in [0.25, 0.3) is 5.91 Å². The molecule has 2 saturated heterocycles. The van der Waals surface area contributed by atoms with E-state index in [-0.39, 0.29) is 1.43 Å². The van der Waals surface area contributed by atoms with Crippen LogP contribution < -0.4 is 10.6 Å². The molecule has 2 aliphatic heterocycles. The van der Waals surface area contributed by atoms with Crippen LogP contribution in [0.5, 0.6) is 0 Å². The molecule has 41 heavy (non-hydrogen) atoms. The number of primary amides is 1. The fraction of sp³-hybridized carbons (Fsp3) is 0.500. The number of nitrogens with zero attached hydrogens (tertiary/aromatic N) is 5. The maximum Gasteiger partial charge on any atom is 0.251 e. The smallest absolute Gasteiger partial charge is 0.251 e. The quantitative estimate of drug-likeness (QED) is 0.365. The van der Waals surface area contributed by atoms with Gasteiger partial charge in [0.05, 0.1) is 11.3 Å². The summed E-state index contributed by atoms with van der Waals surface area (Å²) in [5.41, 5.74) is 12.7. The van der Waals surface area contributed by atoms with Crippen LogP contribution >= 0.6 is 0 Å². The maximum atomic E-state index is 11.3. The van der Waals surface area contributed by atoms with Gasteiger partial charge in [0.15, 0.2) is 6.29 Å². The van der Waals surface area contributed by atoms with Crippen LogP contribution in [0.25, 0.3) is 10.9 Å². The molecule has 3 N–H and O–H groups in total. The van der Waals surface area contributed by atoms with Crippen LogP contribution in [-0.2, 0) is 18.2 Å². The van der Waals surface area contributed by atoms with Crippen molar-refractivity contribution in [3.8, 4) is 0 Å². The van der Waals surface area contributed by atoms with Crippen LogP contribution in [0.2, 0.25) is 0 Å². The van der Waals surface area contributed by atoms with E-state index in [1.165, 1.54) is 34.6 Å². The number of ether oxygens (including phenoxy) is 1. The van der Waals surface area contributed by atoms with Gasteiger partial charge in [0.1, 0.15) is 0 Å². The Morgan fingerprint density at radius 1 is 1.22 bits per heavy atom. The molecule has 3 aromatic rings. The predicted molar refractivity (Wildman–Crippen MR) is 165 cm³/mol. The molecule has 1 atom stereocenters. The summed E-state index contributed by atoms with van der Waals surface area (Å²) >= 11 is 0. The van der Waals surface area contributed by atoms with E-state index in [0.717, 1.165) is 77.7 Å². The number of aromatic nitrogens is 3. The summed E-state index contributed by atoms with van der Waals surface area (Å²) in [6.07, 6.45) is 11.9. The molecule has 1 aromatic carbocycles. The van der Waals surface area contributed by atoms with Gasteiger partial charge in [-0.15, -0.1) is 5.73 Å². The van der Waals surface area contributed by atoms with Gasteiger partial charge in [-0.3, -0.25) is 4.79 Å². The third-order valence-electron chi connectivity index (χ3n) is 8.01. The second-order valence-electron chi connectivity index (χ2n) is 10.8. The van der Waals surface area contributed by atoms with Crippen molar-refractivity contribution < 1.29 is 16.1 Å². The molecule has 2 aliphatic rings. The standard InChI is InChI=1S/C27H34N6O.C5H10O2.H2/c1-4-23(5-2)33(15-12-21-19-31(3)25-9-7-6-8-24(21)25)18-20-10-13-32(14-11-20)27-29-16-22(17-30-27)26(28)34;6-5-3-1-2-4-7-5;/h6-9,16-17,19-20H,1,5,10-15,18H2,2-3H3,(H2,28,34);5-6H,1-4H2;1H. The second kappa shape index (κ2) is 14.8. The first-order valence-electron chi connectivity index (χ1n) is 14.7. The molecule has 2 fully saturated rings. The van der Waals surface area contributed by atoms with Gasteiger partial charge >= 0.3 is 0 Å². The van der Waals surface area contributed by atoms with Gasteiger partial charge in [-0.1, -0.05) is 31.7 Å². The zero-order valence-electron chi connectivity index (χ0n) is 24.5. The van der Waals surface area contributed by atoms with Crippen molar-refractivity contribution in [3.05, 3.63) is 72.0 Å². The topological polar surface area (TPSA) is 110 Å². The Balaban J connectivity index is 0.000000531. The summed E-state index contributed by atoms with van der Waals surface area (Å²) in [6.45, 7) is 10.6. The number of rotatable bonds is 9. The fourth-order valence-electron chi connectivity index (χ4n) is 5.64. The number of anilines is 1. The average molecular weight is 563 g/mol. The molecule has 4 heterocycles. The summed E-state index contributed by atoms with van der Waals surface area (Å²) in [6, 6.07) is 8.60. The number of hydrogen-bond donors (Lipinski definition) is 2. The van der Waals surface area contributed by atoms with Crippen LogP contribution in [0, 0.1) is 5.92 Å². The number of benzene rings is 1. The van der Waals surface area contributed by atoms with E-state index in [9.17, 15) is 4.79 Å². The summed E-state index contributed by atoms with van der Waals surface area (Å²) in [4.78, 5) is 24.6. The molecule has 1 amide bonds. The van der Waals surface area contributed by atoms with Crippen LogP contribution in [0.15, 0.2) is 60.9 Å². The first-order valence-corrected chi connectivity index (χ1v) is 14.7. The van der Waals surface area contributed by atoms with Gasteiger partial charge in [0, 0.05) is 70.8 Å². The van der Waals surface area contributed by atoms with E-state index in [0.29, 0.717) is 17.4 Å². The summed E-state index contributed by atoms with van der Waals surface area (Å²) in [7, 11) is 2.11. The largest absolute Gasteiger partial charge is 0.368 e. The minimum Gasteiger partial charge on any atom is -0.368 e. The summed E-state index contributed by atoms with van der Waals surface area (Å²) < 4.78 is 7.05. The van der Waals surface area contributed by atoms with Crippen LogP contribution in [0.1, 0.15) is 62.8 Å². The van der Waals surface area contributed by atoms with Crippen molar-refractivity contribution in [1.82, 2.24) is 19.4 Å². The van der Waals surface area contributed by atoms with Crippen molar-refractivity contribution in [2.24, 2.45) is 18.7 Å². The third kappa shape index (κ3) is 8.19. The van der Waals surface area contributed by atoms with E-state index < -0.39 is 12.2 Å². The number of nitrogens with two attached hydrogens (primary N) is 1. The maximum absolute atomic E-state index is 11.3. The lowest BCUT2D eigenvalue weighted by molar-refractivity contribution is -0.123. The van der Waals surface area contributed by atoms with Crippen LogP contribution in [0.3, 0.4) is 0 Å². The first-order chi connectivity index (χ1) is 19.9. The molecular formula is C32H46N6O3. The second-order valence-corrected chi connectivity index (χ2v) is 10.8. The Morgan fingerprint density at radius 3 is 2.54 bits per heavy atom. The molecule has 0 radical (unpaired) electrons. The predicted octanol–water partition coefficient (Wildman–Crippen LogP) is 4.66. The summed E-state index contributed by atoms with van der Waals surface area (Å²) in [5.74, 6) is 0.746. The van der Waals surface area contributed by atoms with Crippen molar-refractivity contribution in [1.29, 1.82) is 0 Å². The van der Waals surface area contributed by atoms with E-state index in [2.05, 4.69) is 81.1 Å². The number of amides is 1. The zero-order valence-corrected chi connectivity index (χ0v) is 24.5. The number of aliphatic hydroxyl groups excluding tert-OH is 1. The Kier molecular flexibility index (Phi) is 11.0. The minimum absolute atomic E-state index is 0. The molecule has 222 valence electrons. The monoisotopic (exact) mass is 562 g/mol. The van der Waals surface area contributed by atoms with E-state index in [1.807, 2.05) is 0 Å². The van der Waals surface area contributed by atoms with E-state index in [4.69, 9.17) is 15.6 Å². The highest BCUT2D eigenvalue weighted by atomic mass is 16.6. The minimum atomic E-state index is -0.504. The van der Waals surface area contributed by atoms with Crippen molar-refractivity contribution in [2.75, 3.05) is 37.7 Å². The molecule has 5 rings (SSSR count). The number of aryl methyl sites for hydroxylation is 1. The number of aliphatic hydroxyl groups is 1. The van der Waals surface area contributed by atoms with Crippen molar-refractivity contribution >= 4 is 22.8 Å². The van der Waals surface area contributed by atoms with Crippen molar-refractivity contribution in [3.63, 3.8) is 0 Å². The molecule has 0 spiro atoms. The molecule has 1 unspecified atom stereocenters. The molecule has 2 aromatic heterocycles. The van der Waals surface area contributed by atoms with Gasteiger partial charge in [-0.25, -0.2) is 9.97 Å².